The minimum Gasteiger partial charge on any atom is -0.381 e. The highest BCUT2D eigenvalue weighted by Crippen LogP contribution is 2.27. The molecule has 2 saturated heterocycles. The maximum Gasteiger partial charge on any atom is 0.264 e. The summed E-state index contributed by atoms with van der Waals surface area (Å²) < 4.78 is 34.2. The van der Waals surface area contributed by atoms with E-state index in [0.717, 1.165) is 51.1 Å². The molecule has 1 aromatic heterocycles. The number of amides is 1. The van der Waals surface area contributed by atoms with Gasteiger partial charge in [0.2, 0.25) is 0 Å². The summed E-state index contributed by atoms with van der Waals surface area (Å²) in [6.07, 6.45) is 3.76. The molecule has 0 bridgehead atoms. The highest BCUT2D eigenvalue weighted by molar-refractivity contribution is 7.93. The molecule has 0 unspecified atom stereocenters. The van der Waals surface area contributed by atoms with Crippen LogP contribution < -0.4 is 4.72 Å². The summed E-state index contributed by atoms with van der Waals surface area (Å²) >= 11 is 6.45. The van der Waals surface area contributed by atoms with Gasteiger partial charge in [-0.05, 0) is 49.1 Å². The van der Waals surface area contributed by atoms with Gasteiger partial charge in [0, 0.05) is 57.5 Å². The lowest BCUT2D eigenvalue weighted by molar-refractivity contribution is 0.0393. The number of fused-ring (bicyclic) bond motifs is 1. The number of piperazine rings is 1. The monoisotopic (exact) mass is 528 g/mol. The minimum absolute atomic E-state index is 0.0792. The second-order valence-electron chi connectivity index (χ2n) is 9.28. The number of benzene rings is 2. The Hall–Kier alpha value is -2.72. The van der Waals surface area contributed by atoms with Crippen LogP contribution in [0.15, 0.2) is 59.6 Å². The van der Waals surface area contributed by atoms with Gasteiger partial charge in [-0.1, -0.05) is 29.8 Å². The number of hydrogen-bond donors (Lipinski definition) is 1. The van der Waals surface area contributed by atoms with Crippen molar-refractivity contribution in [3.63, 3.8) is 0 Å². The van der Waals surface area contributed by atoms with Gasteiger partial charge in [0.05, 0.1) is 21.8 Å². The zero-order chi connectivity index (χ0) is 25.1. The molecule has 8 nitrogen and oxygen atoms in total. The van der Waals surface area contributed by atoms with E-state index in [9.17, 15) is 13.2 Å². The molecule has 0 saturated carbocycles. The van der Waals surface area contributed by atoms with E-state index in [1.807, 2.05) is 17.0 Å². The number of anilines is 1. The standard InChI is InChI=1S/C26H29ClN4O4S/c27-23-17-21(29-36(33,34)24-5-1-3-20-4-2-10-28-25(20)24)6-7-22(23)26(32)31-13-11-30(12-14-31)18-19-8-15-35-16-9-19/h1-7,10,17,19,29H,8-9,11-16,18H2. The molecule has 3 heterocycles. The fraction of sp³-hybridized carbons (Fsp3) is 0.385. The number of halogens is 1. The quantitative estimate of drug-likeness (QED) is 0.522. The van der Waals surface area contributed by atoms with E-state index in [4.69, 9.17) is 16.3 Å². The Morgan fingerprint density at radius 2 is 1.81 bits per heavy atom. The van der Waals surface area contributed by atoms with Crippen LogP contribution in [-0.4, -0.2) is 75.0 Å². The summed E-state index contributed by atoms with van der Waals surface area (Å²) in [5.41, 5.74) is 1.04. The molecule has 10 heteroatoms. The lowest BCUT2D eigenvalue weighted by Crippen LogP contribution is -2.50. The number of para-hydroxylation sites is 1. The van der Waals surface area contributed by atoms with Crippen LogP contribution in [0.3, 0.4) is 0 Å². The molecule has 2 aliphatic rings. The SMILES string of the molecule is O=C(c1ccc(NS(=O)(=O)c2cccc3cccnc23)cc1Cl)N1CCN(CC2CCOCC2)CC1. The van der Waals surface area contributed by atoms with Crippen LogP contribution in [0.1, 0.15) is 23.2 Å². The Kier molecular flexibility index (Phi) is 7.43. The van der Waals surface area contributed by atoms with E-state index in [-0.39, 0.29) is 21.5 Å². The van der Waals surface area contributed by atoms with E-state index in [2.05, 4.69) is 14.6 Å². The number of aromatic nitrogens is 1. The fourth-order valence-corrected chi connectivity index (χ4v) is 6.34. The van der Waals surface area contributed by atoms with Crippen molar-refractivity contribution in [2.24, 2.45) is 5.92 Å². The van der Waals surface area contributed by atoms with Gasteiger partial charge in [0.1, 0.15) is 4.90 Å². The van der Waals surface area contributed by atoms with Crippen molar-refractivity contribution in [1.29, 1.82) is 0 Å². The maximum atomic E-state index is 13.1. The number of carbonyl (C=O) groups excluding carboxylic acids is 1. The molecule has 0 aliphatic carbocycles. The van der Waals surface area contributed by atoms with Crippen molar-refractivity contribution < 1.29 is 17.9 Å². The third-order valence-electron chi connectivity index (χ3n) is 6.85. The molecule has 2 fully saturated rings. The summed E-state index contributed by atoms with van der Waals surface area (Å²) in [6, 6.07) is 13.2. The van der Waals surface area contributed by atoms with Crippen molar-refractivity contribution in [3.05, 3.63) is 65.3 Å². The molecule has 190 valence electrons. The summed E-state index contributed by atoms with van der Waals surface area (Å²) in [6.45, 7) is 5.67. The average Bonchev–Trinajstić information content (AvgIpc) is 2.89. The topological polar surface area (TPSA) is 91.8 Å². The zero-order valence-corrected chi connectivity index (χ0v) is 21.5. The normalized spacial score (nSPS) is 17.9. The second kappa shape index (κ2) is 10.7. The molecule has 1 amide bonds. The van der Waals surface area contributed by atoms with E-state index in [1.165, 1.54) is 12.1 Å². The van der Waals surface area contributed by atoms with Crippen molar-refractivity contribution >= 4 is 44.1 Å². The molecular formula is C26H29ClN4O4S. The summed E-state index contributed by atoms with van der Waals surface area (Å²) in [5.74, 6) is 0.523. The van der Waals surface area contributed by atoms with Crippen molar-refractivity contribution in [2.75, 3.05) is 50.7 Å². The molecule has 1 N–H and O–H groups in total. The molecule has 0 radical (unpaired) electrons. The number of rotatable bonds is 6. The second-order valence-corrected chi connectivity index (χ2v) is 11.3. The van der Waals surface area contributed by atoms with Crippen LogP contribution in [0.4, 0.5) is 5.69 Å². The van der Waals surface area contributed by atoms with Crippen molar-refractivity contribution in [2.45, 2.75) is 17.7 Å². The first-order valence-electron chi connectivity index (χ1n) is 12.2. The highest BCUT2D eigenvalue weighted by atomic mass is 35.5. The molecule has 36 heavy (non-hydrogen) atoms. The van der Waals surface area contributed by atoms with Crippen LogP contribution in [0.25, 0.3) is 10.9 Å². The number of carbonyl (C=O) groups is 1. The zero-order valence-electron chi connectivity index (χ0n) is 19.9. The van der Waals surface area contributed by atoms with Gasteiger partial charge in [-0.25, -0.2) is 8.42 Å². The molecule has 0 atom stereocenters. The largest absolute Gasteiger partial charge is 0.381 e. The summed E-state index contributed by atoms with van der Waals surface area (Å²) in [7, 11) is -3.91. The van der Waals surface area contributed by atoms with E-state index < -0.39 is 10.0 Å². The lowest BCUT2D eigenvalue weighted by Gasteiger charge is -2.37. The molecule has 2 aliphatic heterocycles. The number of sulfonamides is 1. The number of ether oxygens (including phenoxy) is 1. The third-order valence-corrected chi connectivity index (χ3v) is 8.58. The smallest absolute Gasteiger partial charge is 0.264 e. The van der Waals surface area contributed by atoms with Gasteiger partial charge >= 0.3 is 0 Å². The number of hydrogen-bond acceptors (Lipinski definition) is 6. The molecule has 3 aromatic rings. The van der Waals surface area contributed by atoms with E-state index >= 15 is 0 Å². The van der Waals surface area contributed by atoms with Gasteiger partial charge in [0.25, 0.3) is 15.9 Å². The predicted molar refractivity (Wildman–Crippen MR) is 140 cm³/mol. The first-order valence-corrected chi connectivity index (χ1v) is 14.0. The predicted octanol–water partition coefficient (Wildman–Crippen LogP) is 3.87. The van der Waals surface area contributed by atoms with Gasteiger partial charge in [0.15, 0.2) is 0 Å². The maximum absolute atomic E-state index is 13.1. The average molecular weight is 529 g/mol. The van der Waals surface area contributed by atoms with E-state index in [1.54, 1.807) is 30.5 Å². The van der Waals surface area contributed by atoms with Crippen molar-refractivity contribution in [1.82, 2.24) is 14.8 Å². The Bertz CT molecular complexity index is 1350. The van der Waals surface area contributed by atoms with Crippen LogP contribution in [0, 0.1) is 5.92 Å². The number of nitrogens with one attached hydrogen (secondary N) is 1. The van der Waals surface area contributed by atoms with Gasteiger partial charge < -0.3 is 9.64 Å². The van der Waals surface area contributed by atoms with Crippen molar-refractivity contribution in [3.8, 4) is 0 Å². The number of nitrogens with zero attached hydrogens (tertiary/aromatic N) is 3. The lowest BCUT2D eigenvalue weighted by atomic mass is 9.99. The molecule has 2 aromatic carbocycles. The molecule has 5 rings (SSSR count). The summed E-state index contributed by atoms with van der Waals surface area (Å²) in [5, 5.41) is 0.938. The Balaban J connectivity index is 1.24. The number of pyridine rings is 1. The Morgan fingerprint density at radius 1 is 1.06 bits per heavy atom. The third kappa shape index (κ3) is 5.49. The molecule has 0 spiro atoms. The Morgan fingerprint density at radius 3 is 2.56 bits per heavy atom. The summed E-state index contributed by atoms with van der Waals surface area (Å²) in [4.78, 5) is 21.7. The molecular weight excluding hydrogens is 500 g/mol. The first kappa shape index (κ1) is 25.0. The van der Waals surface area contributed by atoms with E-state index in [0.29, 0.717) is 30.1 Å². The van der Waals surface area contributed by atoms with Crippen LogP contribution in [0.5, 0.6) is 0 Å². The van der Waals surface area contributed by atoms with Crippen LogP contribution in [-0.2, 0) is 14.8 Å². The highest BCUT2D eigenvalue weighted by Gasteiger charge is 2.26. The van der Waals surface area contributed by atoms with Crippen LogP contribution in [0.2, 0.25) is 5.02 Å². The minimum atomic E-state index is -3.91. The van der Waals surface area contributed by atoms with Gasteiger partial charge in [-0.15, -0.1) is 0 Å². The van der Waals surface area contributed by atoms with Gasteiger partial charge in [-0.3, -0.25) is 19.4 Å². The Labute approximate surface area is 216 Å². The first-order chi connectivity index (χ1) is 17.4. The fourth-order valence-electron chi connectivity index (χ4n) is 4.85. The van der Waals surface area contributed by atoms with Gasteiger partial charge in [-0.2, -0.15) is 0 Å². The van der Waals surface area contributed by atoms with Crippen LogP contribution >= 0.6 is 11.6 Å².